The number of nitrogens with zero attached hydrogens (tertiary/aromatic N) is 1. The SMILES string of the molecule is COC(=O)Cc1ccccc1CNCC1CCCN1C. The predicted molar refractivity (Wildman–Crippen MR) is 79.5 cm³/mol. The summed E-state index contributed by atoms with van der Waals surface area (Å²) in [4.78, 5) is 13.8. The molecule has 4 heteroatoms. The van der Waals surface area contributed by atoms with Gasteiger partial charge in [0.1, 0.15) is 0 Å². The van der Waals surface area contributed by atoms with Crippen LogP contribution in [0.3, 0.4) is 0 Å². The van der Waals surface area contributed by atoms with Crippen molar-refractivity contribution < 1.29 is 9.53 Å². The van der Waals surface area contributed by atoms with Crippen LogP contribution in [-0.4, -0.2) is 44.2 Å². The number of carbonyl (C=O) groups is 1. The molecule has 0 radical (unpaired) electrons. The molecule has 1 atom stereocenters. The summed E-state index contributed by atoms with van der Waals surface area (Å²) in [7, 11) is 3.61. The first kappa shape index (κ1) is 15.0. The van der Waals surface area contributed by atoms with E-state index in [4.69, 9.17) is 4.74 Å². The Morgan fingerprint density at radius 2 is 2.15 bits per heavy atom. The summed E-state index contributed by atoms with van der Waals surface area (Å²) in [6.45, 7) is 3.01. The summed E-state index contributed by atoms with van der Waals surface area (Å²) in [6.07, 6.45) is 2.91. The third kappa shape index (κ3) is 4.05. The maximum atomic E-state index is 11.4. The van der Waals surface area contributed by atoms with Crippen molar-refractivity contribution in [3.63, 3.8) is 0 Å². The molecule has 4 nitrogen and oxygen atoms in total. The Morgan fingerprint density at radius 1 is 1.40 bits per heavy atom. The van der Waals surface area contributed by atoms with Gasteiger partial charge in [0.2, 0.25) is 0 Å². The van der Waals surface area contributed by atoms with Gasteiger partial charge in [0.05, 0.1) is 13.5 Å². The van der Waals surface area contributed by atoms with Gasteiger partial charge in [-0.3, -0.25) is 4.79 Å². The minimum absolute atomic E-state index is 0.187. The second-order valence-corrected chi connectivity index (χ2v) is 5.43. The Hall–Kier alpha value is -1.39. The summed E-state index contributed by atoms with van der Waals surface area (Å²) in [5, 5.41) is 3.51. The highest BCUT2D eigenvalue weighted by Crippen LogP contribution is 2.14. The van der Waals surface area contributed by atoms with Crippen molar-refractivity contribution in [3.8, 4) is 0 Å². The number of hydrogen-bond donors (Lipinski definition) is 1. The van der Waals surface area contributed by atoms with Crippen molar-refractivity contribution in [2.45, 2.75) is 31.8 Å². The molecule has 0 aromatic heterocycles. The molecule has 0 amide bonds. The van der Waals surface area contributed by atoms with E-state index in [0.717, 1.165) is 18.7 Å². The van der Waals surface area contributed by atoms with Crippen molar-refractivity contribution in [1.82, 2.24) is 10.2 Å². The van der Waals surface area contributed by atoms with E-state index in [0.29, 0.717) is 12.5 Å². The fraction of sp³-hybridized carbons (Fsp3) is 0.562. The highest BCUT2D eigenvalue weighted by atomic mass is 16.5. The van der Waals surface area contributed by atoms with Crippen LogP contribution in [0, 0.1) is 0 Å². The maximum absolute atomic E-state index is 11.4. The van der Waals surface area contributed by atoms with Crippen LogP contribution in [0.5, 0.6) is 0 Å². The Balaban J connectivity index is 1.87. The quantitative estimate of drug-likeness (QED) is 0.801. The molecule has 20 heavy (non-hydrogen) atoms. The smallest absolute Gasteiger partial charge is 0.309 e. The van der Waals surface area contributed by atoms with Gasteiger partial charge < -0.3 is 15.0 Å². The van der Waals surface area contributed by atoms with Crippen LogP contribution in [0.4, 0.5) is 0 Å². The van der Waals surface area contributed by atoms with E-state index in [1.165, 1.54) is 32.1 Å². The number of ether oxygens (including phenoxy) is 1. The number of nitrogens with one attached hydrogen (secondary N) is 1. The predicted octanol–water partition coefficient (Wildman–Crippen LogP) is 1.59. The summed E-state index contributed by atoms with van der Waals surface area (Å²) in [5.74, 6) is -0.187. The lowest BCUT2D eigenvalue weighted by Crippen LogP contribution is -2.35. The molecule has 1 unspecified atom stereocenters. The van der Waals surface area contributed by atoms with E-state index in [1.54, 1.807) is 0 Å². The molecule has 0 saturated carbocycles. The number of carbonyl (C=O) groups excluding carboxylic acids is 1. The van der Waals surface area contributed by atoms with Gasteiger partial charge in [-0.2, -0.15) is 0 Å². The van der Waals surface area contributed by atoms with E-state index in [-0.39, 0.29) is 5.97 Å². The standard InChI is InChI=1S/C16H24N2O2/c1-18-9-5-8-15(18)12-17-11-14-7-4-3-6-13(14)10-16(19)20-2/h3-4,6-7,15,17H,5,8-12H2,1-2H3. The van der Waals surface area contributed by atoms with Crippen molar-refractivity contribution in [2.75, 3.05) is 27.2 Å². The molecule has 0 aliphatic carbocycles. The van der Waals surface area contributed by atoms with Crippen LogP contribution in [0.1, 0.15) is 24.0 Å². The lowest BCUT2D eigenvalue weighted by molar-refractivity contribution is -0.139. The van der Waals surface area contributed by atoms with E-state index >= 15 is 0 Å². The van der Waals surface area contributed by atoms with Crippen LogP contribution >= 0.6 is 0 Å². The van der Waals surface area contributed by atoms with E-state index < -0.39 is 0 Å². The van der Waals surface area contributed by atoms with Crippen LogP contribution in [0.15, 0.2) is 24.3 Å². The van der Waals surface area contributed by atoms with Gasteiger partial charge in [0, 0.05) is 19.1 Å². The second-order valence-electron chi connectivity index (χ2n) is 5.43. The Morgan fingerprint density at radius 3 is 2.80 bits per heavy atom. The highest BCUT2D eigenvalue weighted by molar-refractivity contribution is 5.72. The van der Waals surface area contributed by atoms with Gasteiger partial charge in [-0.1, -0.05) is 24.3 Å². The largest absolute Gasteiger partial charge is 0.469 e. The molecule has 1 N–H and O–H groups in total. The molecule has 2 rings (SSSR count). The molecule has 0 spiro atoms. The number of esters is 1. The number of likely N-dealkylation sites (tertiary alicyclic amines) is 1. The van der Waals surface area contributed by atoms with Gasteiger partial charge in [0.15, 0.2) is 0 Å². The zero-order valence-electron chi connectivity index (χ0n) is 12.4. The molecule has 1 aromatic carbocycles. The zero-order valence-corrected chi connectivity index (χ0v) is 12.4. The molecule has 1 fully saturated rings. The number of methoxy groups -OCH3 is 1. The summed E-state index contributed by atoms with van der Waals surface area (Å²) >= 11 is 0. The van der Waals surface area contributed by atoms with Crippen LogP contribution in [0.25, 0.3) is 0 Å². The fourth-order valence-electron chi connectivity index (χ4n) is 2.74. The third-order valence-electron chi connectivity index (χ3n) is 4.05. The van der Waals surface area contributed by atoms with Crippen LogP contribution in [0.2, 0.25) is 0 Å². The molecule has 1 aliphatic rings. The molecule has 1 heterocycles. The first-order valence-electron chi connectivity index (χ1n) is 7.25. The van der Waals surface area contributed by atoms with Crippen LogP contribution < -0.4 is 5.32 Å². The van der Waals surface area contributed by atoms with E-state index in [2.05, 4.69) is 23.3 Å². The van der Waals surface area contributed by atoms with E-state index in [1.807, 2.05) is 18.2 Å². The molecular formula is C16H24N2O2. The van der Waals surface area contributed by atoms with Crippen molar-refractivity contribution in [2.24, 2.45) is 0 Å². The van der Waals surface area contributed by atoms with Crippen LogP contribution in [-0.2, 0) is 22.5 Å². The van der Waals surface area contributed by atoms with Gasteiger partial charge >= 0.3 is 5.97 Å². The average molecular weight is 276 g/mol. The van der Waals surface area contributed by atoms with Gasteiger partial charge in [0.25, 0.3) is 0 Å². The monoisotopic (exact) mass is 276 g/mol. The van der Waals surface area contributed by atoms with E-state index in [9.17, 15) is 4.79 Å². The number of rotatable bonds is 6. The highest BCUT2D eigenvalue weighted by Gasteiger charge is 2.20. The lowest BCUT2D eigenvalue weighted by Gasteiger charge is -2.20. The van der Waals surface area contributed by atoms with Crippen molar-refractivity contribution in [3.05, 3.63) is 35.4 Å². The first-order valence-corrected chi connectivity index (χ1v) is 7.25. The molecule has 0 bridgehead atoms. The second kappa shape index (κ2) is 7.41. The Bertz CT molecular complexity index is 448. The number of hydrogen-bond acceptors (Lipinski definition) is 4. The lowest BCUT2D eigenvalue weighted by atomic mass is 10.0. The topological polar surface area (TPSA) is 41.6 Å². The average Bonchev–Trinajstić information content (AvgIpc) is 2.86. The van der Waals surface area contributed by atoms with Gasteiger partial charge in [-0.05, 0) is 37.6 Å². The summed E-state index contributed by atoms with van der Waals surface area (Å²) < 4.78 is 4.74. The summed E-state index contributed by atoms with van der Waals surface area (Å²) in [6, 6.07) is 8.69. The minimum atomic E-state index is -0.187. The van der Waals surface area contributed by atoms with Gasteiger partial charge in [-0.25, -0.2) is 0 Å². The van der Waals surface area contributed by atoms with Crippen molar-refractivity contribution >= 4 is 5.97 Å². The molecule has 1 aliphatic heterocycles. The normalized spacial score (nSPS) is 19.2. The number of likely N-dealkylation sites (N-methyl/N-ethyl adjacent to an activating group) is 1. The molecule has 1 aromatic rings. The minimum Gasteiger partial charge on any atom is -0.469 e. The third-order valence-corrected chi connectivity index (χ3v) is 4.05. The summed E-state index contributed by atoms with van der Waals surface area (Å²) in [5.41, 5.74) is 2.23. The zero-order chi connectivity index (χ0) is 14.4. The van der Waals surface area contributed by atoms with Gasteiger partial charge in [-0.15, -0.1) is 0 Å². The Labute approximate surface area is 121 Å². The maximum Gasteiger partial charge on any atom is 0.309 e. The molecule has 1 saturated heterocycles. The molecule has 110 valence electrons. The number of benzene rings is 1. The molecular weight excluding hydrogens is 252 g/mol. The first-order chi connectivity index (χ1) is 9.70. The fourth-order valence-corrected chi connectivity index (χ4v) is 2.74. The van der Waals surface area contributed by atoms with Crippen molar-refractivity contribution in [1.29, 1.82) is 0 Å². The Kier molecular flexibility index (Phi) is 5.56.